The second kappa shape index (κ2) is 4.88. The number of halogens is 1. The largest absolute Gasteiger partial charge is 0.369 e. The zero-order valence-electron chi connectivity index (χ0n) is 11.0. The van der Waals surface area contributed by atoms with E-state index in [1.54, 1.807) is 6.07 Å². The molecule has 1 aromatic rings. The maximum atomic E-state index is 14.1. The molecule has 1 N–H and O–H groups in total. The summed E-state index contributed by atoms with van der Waals surface area (Å²) in [6.07, 6.45) is 3.71. The lowest BCUT2D eigenvalue weighted by Gasteiger charge is -2.19. The Bertz CT molecular complexity index is 429. The first-order valence-corrected chi connectivity index (χ1v) is 6.99. The zero-order valence-corrected chi connectivity index (χ0v) is 11.0. The van der Waals surface area contributed by atoms with Crippen molar-refractivity contribution in [3.8, 4) is 0 Å². The molecule has 0 bridgehead atoms. The molecule has 3 rings (SSSR count). The van der Waals surface area contributed by atoms with Gasteiger partial charge in [0.05, 0.1) is 5.69 Å². The first kappa shape index (κ1) is 12.0. The van der Waals surface area contributed by atoms with E-state index in [2.05, 4.69) is 23.2 Å². The molecule has 2 nitrogen and oxygen atoms in total. The van der Waals surface area contributed by atoms with Crippen LogP contribution in [0.4, 0.5) is 10.1 Å². The van der Waals surface area contributed by atoms with Gasteiger partial charge >= 0.3 is 0 Å². The van der Waals surface area contributed by atoms with E-state index in [0.717, 1.165) is 30.9 Å². The topological polar surface area (TPSA) is 15.3 Å². The van der Waals surface area contributed by atoms with Gasteiger partial charge < -0.3 is 10.2 Å². The average Bonchev–Trinajstić information content (AvgIpc) is 3.09. The lowest BCUT2D eigenvalue weighted by molar-refractivity contribution is 0.612. The molecule has 1 atom stereocenters. The number of benzene rings is 1. The van der Waals surface area contributed by atoms with Crippen molar-refractivity contribution >= 4 is 5.69 Å². The highest BCUT2D eigenvalue weighted by molar-refractivity contribution is 5.50. The fourth-order valence-corrected chi connectivity index (χ4v) is 2.62. The van der Waals surface area contributed by atoms with Gasteiger partial charge in [-0.1, -0.05) is 13.0 Å². The highest BCUT2D eigenvalue weighted by Gasteiger charge is 2.22. The molecule has 2 aliphatic rings. The van der Waals surface area contributed by atoms with Gasteiger partial charge in [0.2, 0.25) is 0 Å². The molecule has 0 spiro atoms. The molecule has 3 heteroatoms. The molecule has 1 saturated heterocycles. The summed E-state index contributed by atoms with van der Waals surface area (Å²) in [5.74, 6) is 0.611. The SMILES string of the molecule is CC1CCN(c2ccc(CNC3CC3)cc2F)C1. The van der Waals surface area contributed by atoms with E-state index in [1.807, 2.05) is 6.07 Å². The molecule has 1 saturated carbocycles. The smallest absolute Gasteiger partial charge is 0.146 e. The summed E-state index contributed by atoms with van der Waals surface area (Å²) >= 11 is 0. The van der Waals surface area contributed by atoms with Crippen LogP contribution in [-0.2, 0) is 6.54 Å². The van der Waals surface area contributed by atoms with E-state index < -0.39 is 0 Å². The minimum absolute atomic E-state index is 0.0702. The van der Waals surface area contributed by atoms with Gasteiger partial charge in [0, 0.05) is 25.7 Å². The molecule has 1 aromatic carbocycles. The van der Waals surface area contributed by atoms with Gasteiger partial charge in [-0.05, 0) is 42.9 Å². The van der Waals surface area contributed by atoms with Gasteiger partial charge in [0.1, 0.15) is 5.82 Å². The molecule has 2 fully saturated rings. The van der Waals surface area contributed by atoms with Gasteiger partial charge in [-0.15, -0.1) is 0 Å². The van der Waals surface area contributed by atoms with E-state index >= 15 is 0 Å². The fourth-order valence-electron chi connectivity index (χ4n) is 2.62. The van der Waals surface area contributed by atoms with Crippen LogP contribution in [0, 0.1) is 11.7 Å². The highest BCUT2D eigenvalue weighted by Crippen LogP contribution is 2.27. The van der Waals surface area contributed by atoms with Crippen LogP contribution in [0.1, 0.15) is 31.7 Å². The predicted octanol–water partition coefficient (Wildman–Crippen LogP) is 2.92. The van der Waals surface area contributed by atoms with Crippen molar-refractivity contribution in [2.45, 2.75) is 38.8 Å². The molecule has 1 heterocycles. The van der Waals surface area contributed by atoms with Crippen LogP contribution in [0.15, 0.2) is 18.2 Å². The maximum Gasteiger partial charge on any atom is 0.146 e. The Kier molecular flexibility index (Phi) is 3.25. The number of hydrogen-bond donors (Lipinski definition) is 1. The van der Waals surface area contributed by atoms with Gasteiger partial charge in [-0.3, -0.25) is 0 Å². The van der Waals surface area contributed by atoms with Crippen LogP contribution in [0.2, 0.25) is 0 Å². The molecule has 98 valence electrons. The van der Waals surface area contributed by atoms with Crippen molar-refractivity contribution in [2.24, 2.45) is 5.92 Å². The summed E-state index contributed by atoms with van der Waals surface area (Å²) in [7, 11) is 0. The predicted molar refractivity (Wildman–Crippen MR) is 72.3 cm³/mol. The van der Waals surface area contributed by atoms with E-state index in [0.29, 0.717) is 12.0 Å². The maximum absolute atomic E-state index is 14.1. The normalized spacial score (nSPS) is 23.7. The van der Waals surface area contributed by atoms with Crippen molar-refractivity contribution in [2.75, 3.05) is 18.0 Å². The van der Waals surface area contributed by atoms with Crippen molar-refractivity contribution in [1.29, 1.82) is 0 Å². The van der Waals surface area contributed by atoms with Crippen LogP contribution >= 0.6 is 0 Å². The van der Waals surface area contributed by atoms with Gasteiger partial charge in [-0.2, -0.15) is 0 Å². The summed E-state index contributed by atoms with van der Waals surface area (Å²) in [6, 6.07) is 6.36. The molecule has 1 unspecified atom stereocenters. The number of rotatable bonds is 4. The van der Waals surface area contributed by atoms with Crippen LogP contribution < -0.4 is 10.2 Å². The average molecular weight is 248 g/mol. The third kappa shape index (κ3) is 2.66. The fraction of sp³-hybridized carbons (Fsp3) is 0.600. The van der Waals surface area contributed by atoms with Crippen LogP contribution in [0.5, 0.6) is 0 Å². The van der Waals surface area contributed by atoms with E-state index in [-0.39, 0.29) is 5.82 Å². The second-order valence-corrected chi connectivity index (χ2v) is 5.78. The molecule has 0 aromatic heterocycles. The molecule has 18 heavy (non-hydrogen) atoms. The minimum Gasteiger partial charge on any atom is -0.369 e. The van der Waals surface area contributed by atoms with Crippen molar-refractivity contribution in [1.82, 2.24) is 5.32 Å². The summed E-state index contributed by atoms with van der Waals surface area (Å²) in [4.78, 5) is 2.16. The lowest BCUT2D eigenvalue weighted by atomic mass is 10.1. The second-order valence-electron chi connectivity index (χ2n) is 5.78. The zero-order chi connectivity index (χ0) is 12.5. The number of nitrogens with one attached hydrogen (secondary N) is 1. The van der Waals surface area contributed by atoms with Gasteiger partial charge in [0.15, 0.2) is 0 Å². The van der Waals surface area contributed by atoms with Gasteiger partial charge in [0.25, 0.3) is 0 Å². The molecule has 1 aliphatic carbocycles. The molecule has 1 aliphatic heterocycles. The molecular weight excluding hydrogens is 227 g/mol. The summed E-state index contributed by atoms with van der Waals surface area (Å²) in [5, 5.41) is 3.42. The molecule has 0 radical (unpaired) electrons. The number of hydrogen-bond acceptors (Lipinski definition) is 2. The quantitative estimate of drug-likeness (QED) is 0.881. The highest BCUT2D eigenvalue weighted by atomic mass is 19.1. The third-order valence-electron chi connectivity index (χ3n) is 3.95. The Balaban J connectivity index is 1.67. The van der Waals surface area contributed by atoms with Crippen molar-refractivity contribution < 1.29 is 4.39 Å². The van der Waals surface area contributed by atoms with Crippen molar-refractivity contribution in [3.63, 3.8) is 0 Å². The monoisotopic (exact) mass is 248 g/mol. The standard InChI is InChI=1S/C15H21FN2/c1-11-6-7-18(10-11)15-5-2-12(8-14(15)16)9-17-13-3-4-13/h2,5,8,11,13,17H,3-4,6-7,9-10H2,1H3. The Morgan fingerprint density at radius 1 is 1.33 bits per heavy atom. The molecule has 0 amide bonds. The Hall–Kier alpha value is -1.09. The lowest BCUT2D eigenvalue weighted by Crippen LogP contribution is -2.21. The summed E-state index contributed by atoms with van der Waals surface area (Å²) < 4.78 is 14.1. The third-order valence-corrected chi connectivity index (χ3v) is 3.95. The minimum atomic E-state index is -0.0702. The van der Waals surface area contributed by atoms with Crippen LogP contribution in [0.3, 0.4) is 0 Å². The summed E-state index contributed by atoms with van der Waals surface area (Å²) in [6.45, 7) is 4.98. The molecular formula is C15H21FN2. The van der Waals surface area contributed by atoms with E-state index in [9.17, 15) is 4.39 Å². The van der Waals surface area contributed by atoms with Gasteiger partial charge in [-0.25, -0.2) is 4.39 Å². The van der Waals surface area contributed by atoms with E-state index in [1.165, 1.54) is 19.3 Å². The Labute approximate surface area is 108 Å². The first-order valence-electron chi connectivity index (χ1n) is 6.99. The number of nitrogens with zero attached hydrogens (tertiary/aromatic N) is 1. The first-order chi connectivity index (χ1) is 8.72. The Morgan fingerprint density at radius 2 is 2.17 bits per heavy atom. The number of anilines is 1. The van der Waals surface area contributed by atoms with Crippen LogP contribution in [0.25, 0.3) is 0 Å². The summed E-state index contributed by atoms with van der Waals surface area (Å²) in [5.41, 5.74) is 1.82. The van der Waals surface area contributed by atoms with E-state index in [4.69, 9.17) is 0 Å². The van der Waals surface area contributed by atoms with Crippen LogP contribution in [-0.4, -0.2) is 19.1 Å². The van der Waals surface area contributed by atoms with Crippen molar-refractivity contribution in [3.05, 3.63) is 29.6 Å². The Morgan fingerprint density at radius 3 is 2.78 bits per heavy atom.